The van der Waals surface area contributed by atoms with Gasteiger partial charge in [0, 0.05) is 35.5 Å². The van der Waals surface area contributed by atoms with Gasteiger partial charge in [-0.15, -0.1) is 5.10 Å². The number of aromatic nitrogens is 3. The van der Waals surface area contributed by atoms with E-state index < -0.39 is 20.0 Å². The largest absolute Gasteiger partial charge is 0.497 e. The Morgan fingerprint density at radius 3 is 2.67 bits per heavy atom. The molecule has 3 aliphatic heterocycles. The van der Waals surface area contributed by atoms with Gasteiger partial charge in [0.25, 0.3) is 5.91 Å². The van der Waals surface area contributed by atoms with Crippen molar-refractivity contribution in [1.29, 1.82) is 0 Å². The summed E-state index contributed by atoms with van der Waals surface area (Å²) < 4.78 is 14.4. The Morgan fingerprint density at radius 2 is 1.96 bits per heavy atom. The third kappa shape index (κ3) is 6.67. The molecular formula is C39H48N6O6Si. The Kier molecular flexibility index (Phi) is 10.1. The minimum atomic E-state index is -2.90. The molecule has 4 aromatic rings. The van der Waals surface area contributed by atoms with Crippen LogP contribution < -0.4 is 20.3 Å². The lowest BCUT2D eigenvalue weighted by atomic mass is 9.82. The summed E-state index contributed by atoms with van der Waals surface area (Å²) in [7, 11) is -1.30. The molecule has 274 valence electrons. The van der Waals surface area contributed by atoms with Crippen LogP contribution in [0.3, 0.4) is 0 Å². The van der Waals surface area contributed by atoms with Gasteiger partial charge >= 0.3 is 0 Å². The third-order valence-corrected chi connectivity index (χ3v) is 13.5. The molecule has 4 heterocycles. The molecule has 6 atom stereocenters. The van der Waals surface area contributed by atoms with Crippen LogP contribution in [-0.4, -0.2) is 77.4 Å². The first-order valence-corrected chi connectivity index (χ1v) is 21.2. The summed E-state index contributed by atoms with van der Waals surface area (Å²) in [4.78, 5) is 41.3. The fraction of sp³-hybridized carbons (Fsp3) is 0.436. The number of hydrogen-bond donors (Lipinski definition) is 4. The van der Waals surface area contributed by atoms with Crippen molar-refractivity contribution in [2.75, 3.05) is 30.5 Å². The van der Waals surface area contributed by atoms with Gasteiger partial charge in [-0.1, -0.05) is 54.6 Å². The van der Waals surface area contributed by atoms with Crippen LogP contribution in [0, 0.1) is 5.92 Å². The highest BCUT2D eigenvalue weighted by Gasteiger charge is 2.66. The molecule has 52 heavy (non-hydrogen) atoms. The number of rotatable bonds is 12. The summed E-state index contributed by atoms with van der Waals surface area (Å²) in [6, 6.07) is 22.8. The molecule has 2 fully saturated rings. The van der Waals surface area contributed by atoms with Crippen LogP contribution >= 0.6 is 0 Å². The quantitative estimate of drug-likeness (QED) is 0.155. The van der Waals surface area contributed by atoms with E-state index in [1.807, 2.05) is 99.0 Å². The molecule has 3 aliphatic rings. The normalized spacial score (nSPS) is 24.7. The molecule has 4 N–H and O–H groups in total. The van der Waals surface area contributed by atoms with Gasteiger partial charge in [-0.2, -0.15) is 0 Å². The third-order valence-electron chi connectivity index (χ3n) is 11.0. The van der Waals surface area contributed by atoms with Crippen molar-refractivity contribution >= 4 is 31.5 Å². The number of nitrogens with zero attached hydrogens (tertiary/aromatic N) is 4. The number of nitrogens with one attached hydrogen (secondary N) is 2. The molecule has 13 heteroatoms. The first-order chi connectivity index (χ1) is 25.0. The van der Waals surface area contributed by atoms with Crippen molar-refractivity contribution in [1.82, 2.24) is 20.3 Å². The molecule has 0 radical (unpaired) electrons. The highest BCUT2D eigenvalue weighted by atomic mass is 28.4. The van der Waals surface area contributed by atoms with Crippen molar-refractivity contribution in [2.24, 2.45) is 5.92 Å². The number of amides is 2. The summed E-state index contributed by atoms with van der Waals surface area (Å²) >= 11 is 0. The van der Waals surface area contributed by atoms with E-state index in [4.69, 9.17) is 9.47 Å². The molecule has 3 aromatic carbocycles. The Morgan fingerprint density at radius 1 is 1.15 bits per heavy atom. The average molecular weight is 725 g/mol. The summed E-state index contributed by atoms with van der Waals surface area (Å²) in [6.45, 7) is 7.30. The zero-order valence-corrected chi connectivity index (χ0v) is 31.2. The van der Waals surface area contributed by atoms with E-state index in [-0.39, 0.29) is 48.4 Å². The fourth-order valence-corrected chi connectivity index (χ4v) is 11.2. The van der Waals surface area contributed by atoms with Gasteiger partial charge in [0.15, 0.2) is 13.9 Å². The van der Waals surface area contributed by atoms with Crippen molar-refractivity contribution in [3.63, 3.8) is 0 Å². The summed E-state index contributed by atoms with van der Waals surface area (Å²) in [5.74, 6) is -0.278. The Bertz CT molecular complexity index is 1910. The molecule has 12 nitrogen and oxygen atoms in total. The van der Waals surface area contributed by atoms with Gasteiger partial charge in [-0.3, -0.25) is 14.3 Å². The van der Waals surface area contributed by atoms with Gasteiger partial charge in [0.2, 0.25) is 5.91 Å². The zero-order chi connectivity index (χ0) is 36.6. The topological polar surface area (TPSA) is 151 Å². The van der Waals surface area contributed by atoms with E-state index in [9.17, 15) is 19.5 Å². The lowest BCUT2D eigenvalue weighted by Gasteiger charge is -2.32. The van der Waals surface area contributed by atoms with Gasteiger partial charge in [0.05, 0.1) is 49.7 Å². The predicted octanol–water partition coefficient (Wildman–Crippen LogP) is 4.54. The SMILES string of the molecule is COc1ccc2c(c1)[C@@]1(O[C@H](CCn3cc(C(CO)c4ccccc4)nn3)[C@@H]([Si](C)(C)O)[C@@H]1C)C(=O)N2Cc1cccc(NC(=O)[C@H]2CCCN2)c1. The van der Waals surface area contributed by atoms with E-state index in [0.717, 1.165) is 41.8 Å². The summed E-state index contributed by atoms with van der Waals surface area (Å²) in [5, 5.41) is 25.2. The number of fused-ring (bicyclic) bond motifs is 2. The lowest BCUT2D eigenvalue weighted by Crippen LogP contribution is -2.46. The maximum Gasteiger partial charge on any atom is 0.264 e. The van der Waals surface area contributed by atoms with E-state index in [0.29, 0.717) is 30.1 Å². The Hall–Kier alpha value is -4.40. The second-order valence-corrected chi connectivity index (χ2v) is 18.8. The van der Waals surface area contributed by atoms with Crippen LogP contribution in [0.2, 0.25) is 18.6 Å². The minimum absolute atomic E-state index is 0.0594. The average Bonchev–Trinajstić information content (AvgIpc) is 3.93. The minimum Gasteiger partial charge on any atom is -0.497 e. The van der Waals surface area contributed by atoms with Crippen LogP contribution in [-0.2, 0) is 33.0 Å². The smallest absolute Gasteiger partial charge is 0.264 e. The number of aliphatic hydroxyl groups excluding tert-OH is 1. The Labute approximate surface area is 305 Å². The Balaban J connectivity index is 1.16. The predicted molar refractivity (Wildman–Crippen MR) is 199 cm³/mol. The first-order valence-electron chi connectivity index (χ1n) is 18.1. The van der Waals surface area contributed by atoms with Crippen LogP contribution in [0.1, 0.15) is 54.5 Å². The standard InChI is InChI=1S/C39H48N6O6Si/c1-25-36(52(3,4)49)35(17-19-44-23-33(42-43-44)30(24-46)27-11-6-5-7-12-27)51-39(25)31-21-29(50-2)15-16-34(31)45(38(39)48)22-26-10-8-13-28(20-26)41-37(47)32-14-9-18-40-32/h5-8,10-13,15-16,20-21,23,25,30,32,35-36,40,46,49H,9,14,17-19,22,24H2,1-4H3,(H,41,47)/t25-,30?,32+,35+,36-,39+/m0/s1. The number of aryl methyl sites for hydroxylation is 1. The maximum absolute atomic E-state index is 14.9. The highest BCUT2D eigenvalue weighted by Crippen LogP contribution is 2.60. The molecular weight excluding hydrogens is 677 g/mol. The number of benzene rings is 3. The van der Waals surface area contributed by atoms with Gasteiger partial charge in [0.1, 0.15) is 5.75 Å². The maximum atomic E-state index is 14.9. The molecule has 0 saturated carbocycles. The van der Waals surface area contributed by atoms with Crippen LogP contribution in [0.4, 0.5) is 11.4 Å². The van der Waals surface area contributed by atoms with Crippen LogP contribution in [0.5, 0.6) is 5.75 Å². The van der Waals surface area contributed by atoms with Crippen molar-refractivity contribution in [3.8, 4) is 5.75 Å². The number of hydrogen-bond acceptors (Lipinski definition) is 9. The second-order valence-electron chi connectivity index (χ2n) is 14.8. The molecule has 2 amide bonds. The lowest BCUT2D eigenvalue weighted by molar-refractivity contribution is -0.146. The van der Waals surface area contributed by atoms with E-state index in [1.165, 1.54) is 0 Å². The summed E-state index contributed by atoms with van der Waals surface area (Å²) in [6.07, 6.45) is 3.68. The van der Waals surface area contributed by atoms with Crippen LogP contribution in [0.25, 0.3) is 0 Å². The summed E-state index contributed by atoms with van der Waals surface area (Å²) in [5.41, 5.74) is 3.01. The van der Waals surface area contributed by atoms with Crippen LogP contribution in [0.15, 0.2) is 79.0 Å². The molecule has 0 bridgehead atoms. The number of aliphatic hydroxyl groups is 1. The monoisotopic (exact) mass is 724 g/mol. The van der Waals surface area contributed by atoms with Crippen molar-refractivity contribution < 1.29 is 29.0 Å². The van der Waals surface area contributed by atoms with E-state index in [2.05, 4.69) is 20.9 Å². The number of methoxy groups -OCH3 is 1. The van der Waals surface area contributed by atoms with Gasteiger partial charge < -0.3 is 34.9 Å². The molecule has 1 aromatic heterocycles. The number of ether oxygens (including phenoxy) is 2. The fourth-order valence-electron chi connectivity index (χ4n) is 8.58. The van der Waals surface area contributed by atoms with Gasteiger partial charge in [-0.25, -0.2) is 0 Å². The molecule has 7 rings (SSSR count). The second kappa shape index (κ2) is 14.6. The zero-order valence-electron chi connectivity index (χ0n) is 30.2. The van der Waals surface area contributed by atoms with E-state index in [1.54, 1.807) is 16.7 Å². The first kappa shape index (κ1) is 36.0. The number of anilines is 2. The van der Waals surface area contributed by atoms with Crippen molar-refractivity contribution in [3.05, 3.63) is 101 Å². The highest BCUT2D eigenvalue weighted by molar-refractivity contribution is 6.71. The van der Waals surface area contributed by atoms with Crippen molar-refractivity contribution in [2.45, 2.75) is 81.6 Å². The number of carbonyl (C=O) groups is 2. The molecule has 1 spiro atoms. The molecule has 2 saturated heterocycles. The van der Waals surface area contributed by atoms with Gasteiger partial charge in [-0.05, 0) is 80.4 Å². The van der Waals surface area contributed by atoms with E-state index >= 15 is 0 Å². The molecule has 1 unspecified atom stereocenters. The molecule has 0 aliphatic carbocycles. The number of carbonyl (C=O) groups excluding carboxylic acids is 2.